The second kappa shape index (κ2) is 13.6. The van der Waals surface area contributed by atoms with Gasteiger partial charge in [0.1, 0.15) is 11.5 Å². The molecule has 9 nitrogen and oxygen atoms in total. The minimum atomic E-state index is -0.134. The molecule has 2 aromatic heterocycles. The van der Waals surface area contributed by atoms with Crippen LogP contribution in [0.25, 0.3) is 11.3 Å². The number of rotatable bonds is 11. The van der Waals surface area contributed by atoms with Gasteiger partial charge in [-0.1, -0.05) is 12.1 Å². The fourth-order valence-electron chi connectivity index (χ4n) is 4.59. The molecule has 3 aromatic rings. The Bertz CT molecular complexity index is 1260. The Hall–Kier alpha value is -4.14. The van der Waals surface area contributed by atoms with E-state index in [1.54, 1.807) is 20.3 Å². The van der Waals surface area contributed by atoms with Crippen molar-refractivity contribution in [2.75, 3.05) is 51.9 Å². The third-order valence-corrected chi connectivity index (χ3v) is 6.75. The number of amides is 1. The second-order valence-electron chi connectivity index (χ2n) is 9.29. The SMILES string of the molecule is CCOC(=O)CCCCc1ccc(N2CCN(C(=O)c3cccc(-c4ccc(OC)c(OC)c4)n3)CC2)nc1. The van der Waals surface area contributed by atoms with Crippen LogP contribution in [0.2, 0.25) is 0 Å². The van der Waals surface area contributed by atoms with Gasteiger partial charge in [-0.3, -0.25) is 9.59 Å². The summed E-state index contributed by atoms with van der Waals surface area (Å²) in [6.45, 7) is 4.84. The van der Waals surface area contributed by atoms with E-state index in [-0.39, 0.29) is 11.9 Å². The number of pyridine rings is 2. The topological polar surface area (TPSA) is 94.1 Å². The Labute approximate surface area is 229 Å². The zero-order chi connectivity index (χ0) is 27.6. The lowest BCUT2D eigenvalue weighted by molar-refractivity contribution is -0.143. The highest BCUT2D eigenvalue weighted by Crippen LogP contribution is 2.31. The number of carbonyl (C=O) groups is 2. The number of anilines is 1. The third kappa shape index (κ3) is 7.25. The molecule has 1 aromatic carbocycles. The summed E-state index contributed by atoms with van der Waals surface area (Å²) in [7, 11) is 3.19. The normalized spacial score (nSPS) is 13.2. The molecule has 0 saturated carbocycles. The number of methoxy groups -OCH3 is 2. The number of aromatic nitrogens is 2. The number of hydrogen-bond donors (Lipinski definition) is 0. The largest absolute Gasteiger partial charge is 0.493 e. The first-order valence-corrected chi connectivity index (χ1v) is 13.4. The van der Waals surface area contributed by atoms with Gasteiger partial charge in [0.25, 0.3) is 5.91 Å². The quantitative estimate of drug-likeness (QED) is 0.265. The van der Waals surface area contributed by atoms with Crippen molar-refractivity contribution >= 4 is 17.7 Å². The fraction of sp³-hybridized carbons (Fsp3) is 0.400. The van der Waals surface area contributed by atoms with Crippen LogP contribution in [-0.2, 0) is 16.0 Å². The molecular formula is C30H36N4O5. The summed E-state index contributed by atoms with van der Waals surface area (Å²) in [5.74, 6) is 1.95. The summed E-state index contributed by atoms with van der Waals surface area (Å²) >= 11 is 0. The van der Waals surface area contributed by atoms with E-state index in [0.29, 0.717) is 62.1 Å². The Morgan fingerprint density at radius 1 is 0.923 bits per heavy atom. The number of esters is 1. The molecule has 0 radical (unpaired) electrons. The van der Waals surface area contributed by atoms with Crippen LogP contribution in [-0.4, -0.2) is 73.7 Å². The monoisotopic (exact) mass is 532 g/mol. The van der Waals surface area contributed by atoms with Crippen molar-refractivity contribution in [3.63, 3.8) is 0 Å². The number of piperazine rings is 1. The van der Waals surface area contributed by atoms with Crippen LogP contribution in [0.3, 0.4) is 0 Å². The summed E-state index contributed by atoms with van der Waals surface area (Å²) < 4.78 is 15.7. The van der Waals surface area contributed by atoms with Gasteiger partial charge in [-0.25, -0.2) is 9.97 Å². The number of aryl methyl sites for hydroxylation is 1. The molecule has 9 heteroatoms. The van der Waals surface area contributed by atoms with Gasteiger partial charge < -0.3 is 24.0 Å². The number of carbonyl (C=O) groups excluding carboxylic acids is 2. The number of hydrogen-bond acceptors (Lipinski definition) is 8. The highest BCUT2D eigenvalue weighted by molar-refractivity contribution is 5.93. The highest BCUT2D eigenvalue weighted by atomic mass is 16.5. The van der Waals surface area contributed by atoms with Crippen molar-refractivity contribution in [3.8, 4) is 22.8 Å². The van der Waals surface area contributed by atoms with E-state index in [4.69, 9.17) is 14.2 Å². The maximum Gasteiger partial charge on any atom is 0.305 e. The first-order chi connectivity index (χ1) is 19.0. The van der Waals surface area contributed by atoms with Crippen molar-refractivity contribution < 1.29 is 23.8 Å². The second-order valence-corrected chi connectivity index (χ2v) is 9.29. The molecule has 0 spiro atoms. The van der Waals surface area contributed by atoms with Gasteiger partial charge in [0, 0.05) is 44.4 Å². The Morgan fingerprint density at radius 3 is 2.41 bits per heavy atom. The molecule has 1 aliphatic rings. The molecule has 0 atom stereocenters. The number of benzene rings is 1. The Morgan fingerprint density at radius 2 is 1.72 bits per heavy atom. The zero-order valence-electron chi connectivity index (χ0n) is 22.9. The van der Waals surface area contributed by atoms with Gasteiger partial charge in [-0.2, -0.15) is 0 Å². The molecular weight excluding hydrogens is 496 g/mol. The minimum Gasteiger partial charge on any atom is -0.493 e. The van der Waals surface area contributed by atoms with E-state index in [1.807, 2.05) is 54.4 Å². The van der Waals surface area contributed by atoms with Gasteiger partial charge >= 0.3 is 5.97 Å². The summed E-state index contributed by atoms with van der Waals surface area (Å²) in [6, 6.07) is 15.2. The van der Waals surface area contributed by atoms with Crippen molar-refractivity contribution in [2.24, 2.45) is 0 Å². The van der Waals surface area contributed by atoms with E-state index >= 15 is 0 Å². The van der Waals surface area contributed by atoms with E-state index in [2.05, 4.69) is 20.9 Å². The van der Waals surface area contributed by atoms with Crippen LogP contribution in [0.15, 0.2) is 54.7 Å². The average molecular weight is 533 g/mol. The van der Waals surface area contributed by atoms with Crippen LogP contribution < -0.4 is 14.4 Å². The fourth-order valence-corrected chi connectivity index (χ4v) is 4.59. The molecule has 4 rings (SSSR count). The molecule has 0 N–H and O–H groups in total. The molecule has 39 heavy (non-hydrogen) atoms. The molecule has 1 aliphatic heterocycles. The van der Waals surface area contributed by atoms with Crippen molar-refractivity contribution in [3.05, 3.63) is 66.0 Å². The molecule has 0 unspecified atom stereocenters. The number of nitrogens with zero attached hydrogens (tertiary/aromatic N) is 4. The van der Waals surface area contributed by atoms with E-state index < -0.39 is 0 Å². The summed E-state index contributed by atoms with van der Waals surface area (Å²) in [6.07, 6.45) is 4.97. The summed E-state index contributed by atoms with van der Waals surface area (Å²) in [5.41, 5.74) is 3.12. The molecule has 206 valence electrons. The Kier molecular flexibility index (Phi) is 9.72. The van der Waals surface area contributed by atoms with Crippen LogP contribution in [0.4, 0.5) is 5.82 Å². The van der Waals surface area contributed by atoms with Crippen molar-refractivity contribution in [1.29, 1.82) is 0 Å². The van der Waals surface area contributed by atoms with Crippen molar-refractivity contribution in [2.45, 2.75) is 32.6 Å². The van der Waals surface area contributed by atoms with Crippen molar-refractivity contribution in [1.82, 2.24) is 14.9 Å². The first kappa shape index (κ1) is 27.9. The molecule has 1 amide bonds. The van der Waals surface area contributed by atoms with Gasteiger partial charge in [0.05, 0.1) is 26.5 Å². The van der Waals surface area contributed by atoms with Crippen LogP contribution >= 0.6 is 0 Å². The van der Waals surface area contributed by atoms with E-state index in [1.165, 1.54) is 0 Å². The van der Waals surface area contributed by atoms with E-state index in [0.717, 1.165) is 36.2 Å². The molecule has 1 saturated heterocycles. The maximum absolute atomic E-state index is 13.3. The smallest absolute Gasteiger partial charge is 0.305 e. The first-order valence-electron chi connectivity index (χ1n) is 13.4. The predicted molar refractivity (Wildman–Crippen MR) is 149 cm³/mol. The zero-order valence-corrected chi connectivity index (χ0v) is 22.9. The van der Waals surface area contributed by atoms with Crippen LogP contribution in [0.5, 0.6) is 11.5 Å². The van der Waals surface area contributed by atoms with Gasteiger partial charge in [-0.15, -0.1) is 0 Å². The lowest BCUT2D eigenvalue weighted by Crippen LogP contribution is -2.49. The molecule has 1 fully saturated rings. The third-order valence-electron chi connectivity index (χ3n) is 6.75. The van der Waals surface area contributed by atoms with Gasteiger partial charge in [-0.05, 0) is 68.1 Å². The van der Waals surface area contributed by atoms with E-state index in [9.17, 15) is 9.59 Å². The highest BCUT2D eigenvalue weighted by Gasteiger charge is 2.24. The minimum absolute atomic E-state index is 0.0805. The lowest BCUT2D eigenvalue weighted by Gasteiger charge is -2.35. The lowest BCUT2D eigenvalue weighted by atomic mass is 10.1. The predicted octanol–water partition coefficient (Wildman–Crippen LogP) is 4.40. The summed E-state index contributed by atoms with van der Waals surface area (Å²) in [5, 5.41) is 0. The summed E-state index contributed by atoms with van der Waals surface area (Å²) in [4.78, 5) is 38.0. The standard InChI is InChI=1S/C30H36N4O5/c1-4-39-29(35)11-6-5-8-22-12-15-28(31-21-22)33-16-18-34(19-17-33)30(36)25-10-7-9-24(32-25)23-13-14-26(37-2)27(20-23)38-3/h7,9-10,12-15,20-21H,4-6,8,11,16-19H2,1-3H3. The average Bonchev–Trinajstić information content (AvgIpc) is 2.99. The molecule has 3 heterocycles. The number of unbranched alkanes of at least 4 members (excludes halogenated alkanes) is 1. The van der Waals surface area contributed by atoms with Gasteiger partial charge in [0.2, 0.25) is 0 Å². The number of ether oxygens (including phenoxy) is 3. The van der Waals surface area contributed by atoms with Gasteiger partial charge in [0.15, 0.2) is 11.5 Å². The Balaban J connectivity index is 1.30. The maximum atomic E-state index is 13.3. The molecule has 0 bridgehead atoms. The molecule has 0 aliphatic carbocycles. The van der Waals surface area contributed by atoms with Crippen LogP contribution in [0, 0.1) is 0 Å². The van der Waals surface area contributed by atoms with Crippen LogP contribution in [0.1, 0.15) is 42.2 Å².